The van der Waals surface area contributed by atoms with E-state index in [0.29, 0.717) is 26.2 Å². The highest BCUT2D eigenvalue weighted by Crippen LogP contribution is 2.19. The van der Waals surface area contributed by atoms with E-state index in [1.165, 1.54) is 0 Å². The van der Waals surface area contributed by atoms with E-state index in [-0.39, 0.29) is 12.5 Å². The molecule has 28 heavy (non-hydrogen) atoms. The average Bonchev–Trinajstić information content (AvgIpc) is 3.12. The molecule has 1 aliphatic rings. The molecular formula is C20H28N6O2. The van der Waals surface area contributed by atoms with Gasteiger partial charge in [-0.3, -0.25) is 9.48 Å². The molecular weight excluding hydrogens is 356 g/mol. The third-order valence-corrected chi connectivity index (χ3v) is 4.53. The number of guanidine groups is 1. The number of aryl methyl sites for hydroxylation is 1. The molecule has 1 fully saturated rings. The number of nitrogens with one attached hydrogen (secondary N) is 1. The van der Waals surface area contributed by atoms with Crippen LogP contribution in [0.25, 0.3) is 0 Å². The molecule has 8 heteroatoms. The van der Waals surface area contributed by atoms with Crippen molar-refractivity contribution >= 4 is 17.6 Å². The second-order valence-electron chi connectivity index (χ2n) is 6.55. The summed E-state index contributed by atoms with van der Waals surface area (Å²) in [6.45, 7) is 7.44. The first-order chi connectivity index (χ1) is 13.6. The van der Waals surface area contributed by atoms with Crippen molar-refractivity contribution in [3.8, 4) is 5.75 Å². The van der Waals surface area contributed by atoms with Gasteiger partial charge in [-0.15, -0.1) is 0 Å². The van der Waals surface area contributed by atoms with Crippen molar-refractivity contribution in [1.82, 2.24) is 20.0 Å². The standard InChI is InChI=1S/C20H28N6O2/c1-4-21-20(22-12-16-8-6-7-9-18(16)28-5-2)25-10-11-26(19(27)15-25)17-13-23-24(3)14-17/h6-9,13-14H,4-5,10-12,15H2,1-3H3,(H,21,22). The van der Waals surface area contributed by atoms with Gasteiger partial charge in [-0.25, -0.2) is 4.99 Å². The first-order valence-corrected chi connectivity index (χ1v) is 9.65. The number of carbonyl (C=O) groups excluding carboxylic acids is 1. The Morgan fingerprint density at radius 1 is 1.29 bits per heavy atom. The number of nitrogens with zero attached hydrogens (tertiary/aromatic N) is 5. The van der Waals surface area contributed by atoms with Crippen LogP contribution in [0.15, 0.2) is 41.7 Å². The van der Waals surface area contributed by atoms with Crippen molar-refractivity contribution in [3.05, 3.63) is 42.2 Å². The Labute approximate surface area is 165 Å². The molecule has 1 aromatic heterocycles. The van der Waals surface area contributed by atoms with Crippen LogP contribution in [0, 0.1) is 0 Å². The molecule has 150 valence electrons. The molecule has 0 atom stereocenters. The van der Waals surface area contributed by atoms with E-state index in [2.05, 4.69) is 10.4 Å². The molecule has 0 aliphatic carbocycles. The molecule has 1 amide bonds. The second kappa shape index (κ2) is 9.25. The number of hydrogen-bond donors (Lipinski definition) is 1. The summed E-state index contributed by atoms with van der Waals surface area (Å²) in [5.41, 5.74) is 1.86. The van der Waals surface area contributed by atoms with Gasteiger partial charge >= 0.3 is 0 Å². The van der Waals surface area contributed by atoms with Crippen LogP contribution in [0.2, 0.25) is 0 Å². The van der Waals surface area contributed by atoms with Crippen LogP contribution in [-0.4, -0.2) is 59.3 Å². The van der Waals surface area contributed by atoms with Crippen molar-refractivity contribution in [1.29, 1.82) is 0 Å². The summed E-state index contributed by atoms with van der Waals surface area (Å²) in [4.78, 5) is 21.2. The predicted molar refractivity (Wildman–Crippen MR) is 110 cm³/mol. The zero-order valence-electron chi connectivity index (χ0n) is 16.8. The van der Waals surface area contributed by atoms with Crippen molar-refractivity contribution in [2.45, 2.75) is 20.4 Å². The normalized spacial score (nSPS) is 15.1. The van der Waals surface area contributed by atoms with Gasteiger partial charge in [-0.05, 0) is 19.9 Å². The smallest absolute Gasteiger partial charge is 0.246 e. The number of benzene rings is 1. The third-order valence-electron chi connectivity index (χ3n) is 4.53. The van der Waals surface area contributed by atoms with E-state index in [1.54, 1.807) is 15.8 Å². The zero-order valence-corrected chi connectivity index (χ0v) is 16.8. The lowest BCUT2D eigenvalue weighted by molar-refractivity contribution is -0.120. The molecule has 0 bridgehead atoms. The van der Waals surface area contributed by atoms with Crippen LogP contribution in [0.5, 0.6) is 5.75 Å². The average molecular weight is 384 g/mol. The number of amides is 1. The van der Waals surface area contributed by atoms with Crippen molar-refractivity contribution in [2.75, 3.05) is 37.7 Å². The maximum Gasteiger partial charge on any atom is 0.246 e. The monoisotopic (exact) mass is 384 g/mol. The van der Waals surface area contributed by atoms with E-state index in [0.717, 1.165) is 29.5 Å². The molecule has 0 saturated carbocycles. The Morgan fingerprint density at radius 2 is 2.11 bits per heavy atom. The van der Waals surface area contributed by atoms with Gasteiger partial charge in [0.15, 0.2) is 5.96 Å². The summed E-state index contributed by atoms with van der Waals surface area (Å²) in [5, 5.41) is 7.46. The van der Waals surface area contributed by atoms with Crippen LogP contribution in [0.1, 0.15) is 19.4 Å². The van der Waals surface area contributed by atoms with E-state index in [1.807, 2.05) is 56.3 Å². The van der Waals surface area contributed by atoms with E-state index < -0.39 is 0 Å². The largest absolute Gasteiger partial charge is 0.494 e. The molecule has 0 unspecified atom stereocenters. The van der Waals surface area contributed by atoms with Gasteiger partial charge in [-0.2, -0.15) is 5.10 Å². The SMILES string of the molecule is CCNC(=NCc1ccccc1OCC)N1CCN(c2cnn(C)c2)C(=O)C1. The summed E-state index contributed by atoms with van der Waals surface area (Å²) in [7, 11) is 1.85. The molecule has 2 heterocycles. The number of carbonyl (C=O) groups is 1. The summed E-state index contributed by atoms with van der Waals surface area (Å²) in [6, 6.07) is 7.91. The lowest BCUT2D eigenvalue weighted by Gasteiger charge is -2.35. The van der Waals surface area contributed by atoms with Crippen LogP contribution in [0.3, 0.4) is 0 Å². The number of aromatic nitrogens is 2. The number of hydrogen-bond acceptors (Lipinski definition) is 4. The Kier molecular flexibility index (Phi) is 6.52. The molecule has 0 spiro atoms. The Hall–Kier alpha value is -3.03. The lowest BCUT2D eigenvalue weighted by Crippen LogP contribution is -2.55. The number of rotatable bonds is 6. The summed E-state index contributed by atoms with van der Waals surface area (Å²) < 4.78 is 7.39. The Bertz CT molecular complexity index is 832. The highest BCUT2D eigenvalue weighted by atomic mass is 16.5. The van der Waals surface area contributed by atoms with Crippen molar-refractivity contribution < 1.29 is 9.53 Å². The molecule has 1 aromatic carbocycles. The number of para-hydroxylation sites is 1. The van der Waals surface area contributed by atoms with Crippen LogP contribution >= 0.6 is 0 Å². The van der Waals surface area contributed by atoms with Gasteiger partial charge in [0.05, 0.1) is 25.0 Å². The Morgan fingerprint density at radius 3 is 2.79 bits per heavy atom. The number of piperazine rings is 1. The second-order valence-corrected chi connectivity index (χ2v) is 6.55. The van der Waals surface area contributed by atoms with Crippen LogP contribution in [0.4, 0.5) is 5.69 Å². The van der Waals surface area contributed by atoms with E-state index in [9.17, 15) is 4.79 Å². The van der Waals surface area contributed by atoms with Crippen LogP contribution < -0.4 is 15.0 Å². The highest BCUT2D eigenvalue weighted by molar-refractivity contribution is 5.98. The zero-order chi connectivity index (χ0) is 19.9. The fourth-order valence-corrected chi connectivity index (χ4v) is 3.19. The first kappa shape index (κ1) is 19.7. The van der Waals surface area contributed by atoms with E-state index >= 15 is 0 Å². The maximum absolute atomic E-state index is 12.7. The van der Waals surface area contributed by atoms with Crippen LogP contribution in [-0.2, 0) is 18.4 Å². The molecule has 2 aromatic rings. The first-order valence-electron chi connectivity index (χ1n) is 9.65. The molecule has 8 nitrogen and oxygen atoms in total. The minimum atomic E-state index is 0.0413. The fraction of sp³-hybridized carbons (Fsp3) is 0.450. The lowest BCUT2D eigenvalue weighted by atomic mass is 10.2. The van der Waals surface area contributed by atoms with Gasteiger partial charge in [-0.1, -0.05) is 18.2 Å². The number of aliphatic imine (C=N–C) groups is 1. The number of anilines is 1. The van der Waals surface area contributed by atoms with Gasteiger partial charge in [0.25, 0.3) is 0 Å². The summed E-state index contributed by atoms with van der Waals surface area (Å²) in [5.74, 6) is 1.63. The topological polar surface area (TPSA) is 75.0 Å². The minimum Gasteiger partial charge on any atom is -0.494 e. The van der Waals surface area contributed by atoms with Crippen molar-refractivity contribution in [3.63, 3.8) is 0 Å². The molecule has 1 aliphatic heterocycles. The molecule has 1 N–H and O–H groups in total. The minimum absolute atomic E-state index is 0.0413. The predicted octanol–water partition coefficient (Wildman–Crippen LogP) is 1.63. The van der Waals surface area contributed by atoms with Gasteiger partial charge < -0.3 is 19.9 Å². The van der Waals surface area contributed by atoms with Gasteiger partial charge in [0.2, 0.25) is 5.91 Å². The third kappa shape index (κ3) is 4.62. The molecule has 3 rings (SSSR count). The quantitative estimate of drug-likeness (QED) is 0.605. The molecule has 0 radical (unpaired) electrons. The summed E-state index contributed by atoms with van der Waals surface area (Å²) >= 11 is 0. The Balaban J connectivity index is 1.71. The highest BCUT2D eigenvalue weighted by Gasteiger charge is 2.27. The van der Waals surface area contributed by atoms with E-state index in [4.69, 9.17) is 9.73 Å². The van der Waals surface area contributed by atoms with Gasteiger partial charge in [0.1, 0.15) is 12.3 Å². The number of ether oxygens (including phenoxy) is 1. The molecule has 1 saturated heterocycles. The maximum atomic E-state index is 12.7. The summed E-state index contributed by atoms with van der Waals surface area (Å²) in [6.07, 6.45) is 3.58. The van der Waals surface area contributed by atoms with Gasteiger partial charge in [0, 0.05) is 38.4 Å². The van der Waals surface area contributed by atoms with Crippen molar-refractivity contribution in [2.24, 2.45) is 12.0 Å². The fourth-order valence-electron chi connectivity index (χ4n) is 3.19.